The van der Waals surface area contributed by atoms with Crippen molar-refractivity contribution in [3.8, 4) is 22.5 Å². The minimum atomic E-state index is -1.13. The first-order valence-corrected chi connectivity index (χ1v) is 6.90. The molecule has 2 rings (SSSR count). The molecule has 0 radical (unpaired) electrons. The normalized spacial score (nSPS) is 9.95. The summed E-state index contributed by atoms with van der Waals surface area (Å²) in [6.07, 6.45) is 1.25. The Morgan fingerprint density at radius 3 is 2.86 bits per heavy atom. The largest absolute Gasteiger partial charge is 0.506 e. The van der Waals surface area contributed by atoms with Crippen LogP contribution in [-0.2, 0) is 16.0 Å². The molecular weight excluding hydrogens is 308 g/mol. The second kappa shape index (κ2) is 6.64. The fourth-order valence-electron chi connectivity index (χ4n) is 1.58. The van der Waals surface area contributed by atoms with Gasteiger partial charge in [-0.3, -0.25) is 9.59 Å². The zero-order valence-corrected chi connectivity index (χ0v) is 11.9. The Kier molecular flexibility index (Phi) is 4.65. The van der Waals surface area contributed by atoms with Gasteiger partial charge in [-0.15, -0.1) is 11.3 Å². The van der Waals surface area contributed by atoms with E-state index in [4.69, 9.17) is 10.4 Å². The van der Waals surface area contributed by atoms with E-state index in [9.17, 15) is 14.7 Å². The van der Waals surface area contributed by atoms with E-state index in [0.29, 0.717) is 10.7 Å². The molecule has 0 fully saturated rings. The maximum atomic E-state index is 11.5. The van der Waals surface area contributed by atoms with Gasteiger partial charge in [0.2, 0.25) is 5.91 Å². The van der Waals surface area contributed by atoms with Gasteiger partial charge in [0.15, 0.2) is 0 Å². The molecule has 9 heteroatoms. The second-order valence-electron chi connectivity index (χ2n) is 4.19. The summed E-state index contributed by atoms with van der Waals surface area (Å²) in [5.74, 6) is -1.76. The zero-order valence-electron chi connectivity index (χ0n) is 11.1. The molecule has 0 bridgehead atoms. The van der Waals surface area contributed by atoms with Gasteiger partial charge in [0.1, 0.15) is 29.1 Å². The van der Waals surface area contributed by atoms with Crippen LogP contribution in [0.15, 0.2) is 17.6 Å². The number of aliphatic carboxylic acids is 1. The first-order valence-electron chi connectivity index (χ1n) is 6.02. The Hall–Kier alpha value is -2.99. The molecule has 0 aliphatic carbocycles. The first-order chi connectivity index (χ1) is 10.5. The lowest BCUT2D eigenvalue weighted by Gasteiger charge is -2.00. The number of carbonyl (C=O) groups excluding carboxylic acids is 1. The third-order valence-electron chi connectivity index (χ3n) is 2.53. The van der Waals surface area contributed by atoms with Crippen LogP contribution in [0, 0.1) is 11.3 Å². The van der Waals surface area contributed by atoms with Crippen molar-refractivity contribution in [3.05, 3.63) is 28.9 Å². The number of rotatable bonds is 5. The number of pyridine rings is 1. The van der Waals surface area contributed by atoms with E-state index >= 15 is 0 Å². The summed E-state index contributed by atoms with van der Waals surface area (Å²) in [4.78, 5) is 30.0. The van der Waals surface area contributed by atoms with Crippen molar-refractivity contribution in [1.82, 2.24) is 15.3 Å². The maximum absolute atomic E-state index is 11.5. The fraction of sp³-hybridized carbons (Fsp3) is 0.154. The lowest BCUT2D eigenvalue weighted by Crippen LogP contribution is -2.30. The highest BCUT2D eigenvalue weighted by molar-refractivity contribution is 7.13. The average Bonchev–Trinajstić information content (AvgIpc) is 2.93. The number of carbonyl (C=O) groups is 2. The van der Waals surface area contributed by atoms with Gasteiger partial charge in [-0.2, -0.15) is 5.26 Å². The number of nitriles is 1. The number of hydrogen-bond acceptors (Lipinski definition) is 7. The monoisotopic (exact) mass is 318 g/mol. The minimum Gasteiger partial charge on any atom is -0.506 e. The van der Waals surface area contributed by atoms with Gasteiger partial charge in [0.05, 0.1) is 17.7 Å². The molecule has 8 nitrogen and oxygen atoms in total. The third-order valence-corrected chi connectivity index (χ3v) is 3.43. The fourth-order valence-corrected chi connectivity index (χ4v) is 2.40. The summed E-state index contributed by atoms with van der Waals surface area (Å²) in [5.41, 5.74) is 0.890. The van der Waals surface area contributed by atoms with Crippen molar-refractivity contribution in [1.29, 1.82) is 5.26 Å². The number of aromatic hydroxyl groups is 1. The Morgan fingerprint density at radius 2 is 2.23 bits per heavy atom. The molecule has 0 saturated carbocycles. The summed E-state index contributed by atoms with van der Waals surface area (Å²) in [7, 11) is 0. The molecule has 2 aromatic rings. The number of nitrogens with zero attached hydrogens (tertiary/aromatic N) is 3. The molecule has 2 aromatic heterocycles. The maximum Gasteiger partial charge on any atom is 0.322 e. The number of amides is 1. The first kappa shape index (κ1) is 15.4. The Balaban J connectivity index is 2.10. The summed E-state index contributed by atoms with van der Waals surface area (Å²) < 4.78 is 0. The summed E-state index contributed by atoms with van der Waals surface area (Å²) in [6, 6.07) is 3.14. The lowest BCUT2D eigenvalue weighted by molar-refractivity contribution is -0.137. The van der Waals surface area contributed by atoms with Crippen LogP contribution in [0.25, 0.3) is 10.7 Å². The van der Waals surface area contributed by atoms with Crippen LogP contribution in [0.4, 0.5) is 0 Å². The number of nitrogens with one attached hydrogen (secondary N) is 1. The predicted octanol–water partition coefficient (Wildman–Crippen LogP) is 0.526. The number of aromatic nitrogens is 2. The van der Waals surface area contributed by atoms with Crippen molar-refractivity contribution in [2.24, 2.45) is 0 Å². The Bertz CT molecular complexity index is 766. The minimum absolute atomic E-state index is 0.0686. The smallest absolute Gasteiger partial charge is 0.322 e. The number of hydrogen-bond donors (Lipinski definition) is 3. The average molecular weight is 318 g/mol. The van der Waals surface area contributed by atoms with E-state index < -0.39 is 18.4 Å². The van der Waals surface area contributed by atoms with Gasteiger partial charge in [0, 0.05) is 17.6 Å². The van der Waals surface area contributed by atoms with E-state index in [1.165, 1.54) is 23.6 Å². The van der Waals surface area contributed by atoms with Crippen molar-refractivity contribution < 1.29 is 19.8 Å². The molecule has 0 unspecified atom stereocenters. The SMILES string of the molecule is N#Cc1cnc(-c2nc(CC(=O)NCC(=O)O)cs2)c(O)c1. The van der Waals surface area contributed by atoms with Gasteiger partial charge in [0.25, 0.3) is 0 Å². The zero-order chi connectivity index (χ0) is 16.1. The van der Waals surface area contributed by atoms with Crippen LogP contribution in [0.2, 0.25) is 0 Å². The molecule has 0 aromatic carbocycles. The van der Waals surface area contributed by atoms with E-state index in [-0.39, 0.29) is 23.4 Å². The molecule has 22 heavy (non-hydrogen) atoms. The molecule has 0 spiro atoms. The van der Waals surface area contributed by atoms with Crippen molar-refractivity contribution in [3.63, 3.8) is 0 Å². The van der Waals surface area contributed by atoms with Gasteiger partial charge in [-0.25, -0.2) is 9.97 Å². The van der Waals surface area contributed by atoms with Crippen molar-refractivity contribution >= 4 is 23.2 Å². The van der Waals surface area contributed by atoms with Gasteiger partial charge >= 0.3 is 5.97 Å². The van der Waals surface area contributed by atoms with Crippen LogP contribution in [-0.4, -0.2) is 38.6 Å². The highest BCUT2D eigenvalue weighted by Crippen LogP contribution is 2.29. The van der Waals surface area contributed by atoms with Crippen LogP contribution < -0.4 is 5.32 Å². The summed E-state index contributed by atoms with van der Waals surface area (Å²) >= 11 is 1.18. The van der Waals surface area contributed by atoms with Crippen molar-refractivity contribution in [2.75, 3.05) is 6.54 Å². The van der Waals surface area contributed by atoms with Crippen LogP contribution in [0.5, 0.6) is 5.75 Å². The lowest BCUT2D eigenvalue weighted by atomic mass is 10.2. The molecule has 0 atom stereocenters. The molecular formula is C13H10N4O4S. The standard InChI is InChI=1S/C13H10N4O4S/c14-3-7-1-9(18)12(16-4-7)13-17-8(6-22-13)2-10(19)15-5-11(20)21/h1,4,6,18H,2,5H2,(H,15,19)(H,20,21). The molecule has 112 valence electrons. The molecule has 0 aliphatic heterocycles. The van der Waals surface area contributed by atoms with Crippen LogP contribution >= 0.6 is 11.3 Å². The Labute approximate surface area is 128 Å². The van der Waals surface area contributed by atoms with Crippen LogP contribution in [0.1, 0.15) is 11.3 Å². The number of thiazole rings is 1. The third kappa shape index (κ3) is 3.77. The molecule has 2 heterocycles. The van der Waals surface area contributed by atoms with E-state index in [0.717, 1.165) is 0 Å². The highest BCUT2D eigenvalue weighted by atomic mass is 32.1. The summed E-state index contributed by atoms with van der Waals surface area (Å²) in [6.45, 7) is -0.451. The molecule has 1 amide bonds. The molecule has 0 aliphatic rings. The van der Waals surface area contributed by atoms with E-state index in [1.54, 1.807) is 5.38 Å². The predicted molar refractivity (Wildman–Crippen MR) is 76.1 cm³/mol. The molecule has 3 N–H and O–H groups in total. The summed E-state index contributed by atoms with van der Waals surface area (Å²) in [5, 5.41) is 31.3. The quantitative estimate of drug-likeness (QED) is 0.731. The van der Waals surface area contributed by atoms with E-state index in [1.807, 2.05) is 6.07 Å². The topological polar surface area (TPSA) is 136 Å². The molecule has 0 saturated heterocycles. The van der Waals surface area contributed by atoms with Gasteiger partial charge < -0.3 is 15.5 Å². The second-order valence-corrected chi connectivity index (χ2v) is 5.05. The number of carboxylic acid groups (broad SMARTS) is 1. The van der Waals surface area contributed by atoms with E-state index in [2.05, 4.69) is 15.3 Å². The van der Waals surface area contributed by atoms with Gasteiger partial charge in [-0.05, 0) is 0 Å². The number of carboxylic acids is 1. The highest BCUT2D eigenvalue weighted by Gasteiger charge is 2.14. The van der Waals surface area contributed by atoms with Crippen LogP contribution in [0.3, 0.4) is 0 Å². The van der Waals surface area contributed by atoms with Gasteiger partial charge in [-0.1, -0.05) is 0 Å². The van der Waals surface area contributed by atoms with Crippen molar-refractivity contribution in [2.45, 2.75) is 6.42 Å². The Morgan fingerprint density at radius 1 is 1.45 bits per heavy atom.